The van der Waals surface area contributed by atoms with E-state index in [4.69, 9.17) is 12.6 Å². The molecule has 1 saturated heterocycles. The van der Waals surface area contributed by atoms with Gasteiger partial charge >= 0.3 is 0 Å². The fourth-order valence-electron chi connectivity index (χ4n) is 3.65. The van der Waals surface area contributed by atoms with Gasteiger partial charge in [0.2, 0.25) is 11.8 Å². The summed E-state index contributed by atoms with van der Waals surface area (Å²) in [5.74, 6) is 0.144. The highest BCUT2D eigenvalue weighted by Crippen LogP contribution is 2.25. The van der Waals surface area contributed by atoms with E-state index in [0.717, 1.165) is 38.3 Å². The Morgan fingerprint density at radius 3 is 2.71 bits per heavy atom. The Balaban J connectivity index is 1.28. The van der Waals surface area contributed by atoms with Crippen LogP contribution in [0.3, 0.4) is 0 Å². The number of ether oxygens (including phenoxy) is 1. The maximum atomic E-state index is 14.7. The smallest absolute Gasteiger partial charge is 0.224 e. The van der Waals surface area contributed by atoms with Crippen LogP contribution in [0.4, 0.5) is 4.39 Å². The number of hydrogen-bond acceptors (Lipinski definition) is 7. The van der Waals surface area contributed by atoms with E-state index in [2.05, 4.69) is 30.5 Å². The molecule has 3 aromatic rings. The maximum Gasteiger partial charge on any atom is 0.224 e. The summed E-state index contributed by atoms with van der Waals surface area (Å²) in [5.41, 5.74) is 2.21. The van der Waals surface area contributed by atoms with Crippen molar-refractivity contribution in [2.24, 2.45) is 0 Å². The van der Waals surface area contributed by atoms with Gasteiger partial charge in [0, 0.05) is 56.7 Å². The minimum Gasteiger partial charge on any atom is -0.476 e. The summed E-state index contributed by atoms with van der Waals surface area (Å²) in [7, 11) is 5.61. The largest absolute Gasteiger partial charge is 0.476 e. The van der Waals surface area contributed by atoms with Gasteiger partial charge in [-0.1, -0.05) is 24.3 Å². The number of hydrogen-bond donors (Lipinski definition) is 2. The van der Waals surface area contributed by atoms with Crippen molar-refractivity contribution in [1.82, 2.24) is 30.5 Å². The first-order valence-corrected chi connectivity index (χ1v) is 11.2. The summed E-state index contributed by atoms with van der Waals surface area (Å²) in [4.78, 5) is 26.9. The summed E-state index contributed by atoms with van der Waals surface area (Å²) in [6, 6.07) is 10.0. The van der Waals surface area contributed by atoms with Crippen molar-refractivity contribution in [3.63, 3.8) is 0 Å². The lowest BCUT2D eigenvalue weighted by Gasteiger charge is -2.26. The first kappa shape index (κ1) is 23.8. The number of benzene rings is 1. The second-order valence-electron chi connectivity index (χ2n) is 7.99. The number of carbonyl (C=O) groups is 1. The maximum absolute atomic E-state index is 14.7. The highest BCUT2D eigenvalue weighted by Gasteiger charge is 2.12. The molecule has 0 saturated carbocycles. The predicted octanol–water partition coefficient (Wildman–Crippen LogP) is 0.614. The zero-order valence-corrected chi connectivity index (χ0v) is 18.8. The standard InChI is InChI=1S/C24H26BFN6O2/c25-21-5-6-28-22(31-21)16-29-23(33)13-17-1-3-18(4-2-17)19-15-30-24(14-20(19)26)34-12-11-32-9-7-27-8-10-32/h1-6,14-15,27H,7-13,16H2,(H,29,33). The molecule has 2 radical (unpaired) electrons. The summed E-state index contributed by atoms with van der Waals surface area (Å²) in [6.45, 7) is 5.37. The molecule has 3 heterocycles. The zero-order valence-electron chi connectivity index (χ0n) is 18.8. The number of amides is 1. The minimum absolute atomic E-state index is 0.172. The molecule has 4 rings (SSSR count). The van der Waals surface area contributed by atoms with Gasteiger partial charge in [0.15, 0.2) is 0 Å². The van der Waals surface area contributed by atoms with E-state index in [1.54, 1.807) is 36.5 Å². The SMILES string of the molecule is [B]c1ccnc(CNC(=O)Cc2ccc(-c3cnc(OCCN4CCNCC4)cc3F)cc2)n1. The fraction of sp³-hybridized carbons (Fsp3) is 0.333. The molecule has 0 atom stereocenters. The van der Waals surface area contributed by atoms with Crippen molar-refractivity contribution in [2.75, 3.05) is 39.3 Å². The van der Waals surface area contributed by atoms with Gasteiger partial charge < -0.3 is 15.4 Å². The molecule has 1 aromatic carbocycles. The third kappa shape index (κ3) is 6.82. The summed E-state index contributed by atoms with van der Waals surface area (Å²) in [6.07, 6.45) is 3.20. The lowest BCUT2D eigenvalue weighted by atomic mass is 10.0. The number of aromatic nitrogens is 3. The van der Waals surface area contributed by atoms with Crippen molar-refractivity contribution in [3.8, 4) is 17.0 Å². The van der Waals surface area contributed by atoms with Crippen LogP contribution in [-0.2, 0) is 17.8 Å². The van der Waals surface area contributed by atoms with E-state index in [9.17, 15) is 9.18 Å². The Kier molecular flexibility index (Phi) is 8.16. The van der Waals surface area contributed by atoms with Gasteiger partial charge in [-0.2, -0.15) is 0 Å². The molecule has 1 fully saturated rings. The van der Waals surface area contributed by atoms with Gasteiger partial charge in [-0.15, -0.1) is 0 Å². The van der Waals surface area contributed by atoms with Crippen molar-refractivity contribution in [2.45, 2.75) is 13.0 Å². The third-order valence-electron chi connectivity index (χ3n) is 5.50. The van der Waals surface area contributed by atoms with Crippen LogP contribution in [-0.4, -0.2) is 72.9 Å². The Morgan fingerprint density at radius 1 is 1.18 bits per heavy atom. The molecule has 10 heteroatoms. The summed E-state index contributed by atoms with van der Waals surface area (Å²) >= 11 is 0. The van der Waals surface area contributed by atoms with E-state index in [1.165, 1.54) is 12.3 Å². The van der Waals surface area contributed by atoms with E-state index in [1.807, 2.05) is 0 Å². The average Bonchev–Trinajstić information content (AvgIpc) is 2.84. The normalized spacial score (nSPS) is 14.0. The second-order valence-corrected chi connectivity index (χ2v) is 7.99. The van der Waals surface area contributed by atoms with E-state index >= 15 is 0 Å². The van der Waals surface area contributed by atoms with Crippen LogP contribution in [0.1, 0.15) is 11.4 Å². The number of nitrogens with one attached hydrogen (secondary N) is 2. The van der Waals surface area contributed by atoms with Crippen LogP contribution in [0, 0.1) is 5.82 Å². The molecular formula is C24H26BFN6O2. The Hall–Kier alpha value is -3.37. The Labute approximate surface area is 199 Å². The first-order chi connectivity index (χ1) is 16.6. The monoisotopic (exact) mass is 460 g/mol. The van der Waals surface area contributed by atoms with Gasteiger partial charge in [-0.3, -0.25) is 9.69 Å². The minimum atomic E-state index is -0.403. The first-order valence-electron chi connectivity index (χ1n) is 11.2. The van der Waals surface area contributed by atoms with Gasteiger partial charge in [-0.05, 0) is 22.8 Å². The molecule has 1 aliphatic heterocycles. The molecule has 1 aliphatic rings. The van der Waals surface area contributed by atoms with Gasteiger partial charge in [0.1, 0.15) is 26.1 Å². The van der Waals surface area contributed by atoms with Crippen LogP contribution in [0.5, 0.6) is 5.88 Å². The van der Waals surface area contributed by atoms with Crippen LogP contribution in [0.25, 0.3) is 11.1 Å². The number of nitrogens with zero attached hydrogens (tertiary/aromatic N) is 4. The average molecular weight is 460 g/mol. The third-order valence-corrected chi connectivity index (χ3v) is 5.50. The second kappa shape index (κ2) is 11.7. The molecular weight excluding hydrogens is 434 g/mol. The quantitative estimate of drug-likeness (QED) is 0.453. The Bertz CT molecular complexity index is 1110. The highest BCUT2D eigenvalue weighted by molar-refractivity contribution is 6.30. The molecule has 0 bridgehead atoms. The summed E-state index contributed by atoms with van der Waals surface area (Å²) in [5, 5.41) is 6.07. The van der Waals surface area contributed by atoms with E-state index in [0.29, 0.717) is 29.2 Å². The van der Waals surface area contributed by atoms with Crippen LogP contribution in [0.2, 0.25) is 0 Å². The van der Waals surface area contributed by atoms with Crippen molar-refractivity contribution < 1.29 is 13.9 Å². The van der Waals surface area contributed by atoms with Crippen molar-refractivity contribution in [1.29, 1.82) is 0 Å². The van der Waals surface area contributed by atoms with Gasteiger partial charge in [0.05, 0.1) is 13.0 Å². The molecule has 2 N–H and O–H groups in total. The molecule has 0 unspecified atom stereocenters. The molecule has 0 aliphatic carbocycles. The molecule has 174 valence electrons. The molecule has 34 heavy (non-hydrogen) atoms. The lowest BCUT2D eigenvalue weighted by molar-refractivity contribution is -0.120. The fourth-order valence-corrected chi connectivity index (χ4v) is 3.65. The number of halogens is 1. The van der Waals surface area contributed by atoms with Crippen LogP contribution < -0.4 is 21.0 Å². The number of rotatable bonds is 9. The van der Waals surface area contributed by atoms with Crippen LogP contribution >= 0.6 is 0 Å². The number of pyridine rings is 1. The lowest BCUT2D eigenvalue weighted by Crippen LogP contribution is -2.44. The molecule has 1 amide bonds. The van der Waals surface area contributed by atoms with E-state index in [-0.39, 0.29) is 24.8 Å². The highest BCUT2D eigenvalue weighted by atomic mass is 19.1. The molecule has 0 spiro atoms. The Morgan fingerprint density at radius 2 is 1.97 bits per heavy atom. The molecule has 8 nitrogen and oxygen atoms in total. The van der Waals surface area contributed by atoms with E-state index < -0.39 is 5.82 Å². The van der Waals surface area contributed by atoms with Crippen LogP contribution in [0.15, 0.2) is 48.8 Å². The van der Waals surface area contributed by atoms with Gasteiger partial charge in [0.25, 0.3) is 0 Å². The topological polar surface area (TPSA) is 92.3 Å². The predicted molar refractivity (Wildman–Crippen MR) is 127 cm³/mol. The van der Waals surface area contributed by atoms with Crippen molar-refractivity contribution >= 4 is 19.3 Å². The number of piperazine rings is 1. The van der Waals surface area contributed by atoms with Gasteiger partial charge in [-0.25, -0.2) is 19.3 Å². The zero-order chi connectivity index (χ0) is 23.8. The molecule has 2 aromatic heterocycles. The summed E-state index contributed by atoms with van der Waals surface area (Å²) < 4.78 is 20.3. The van der Waals surface area contributed by atoms with Crippen molar-refractivity contribution in [3.05, 3.63) is 66.0 Å². The number of carbonyl (C=O) groups excluding carboxylic acids is 1.